The van der Waals surface area contributed by atoms with Gasteiger partial charge >= 0.3 is 11.7 Å². The Labute approximate surface area is 155 Å². The van der Waals surface area contributed by atoms with E-state index in [2.05, 4.69) is 15.3 Å². The summed E-state index contributed by atoms with van der Waals surface area (Å²) in [4.78, 5) is 41.7. The number of nitrogens with one attached hydrogen (secondary N) is 2. The number of hydrogen-bond acceptors (Lipinski definition) is 5. The molecule has 5 rings (SSSR count). The lowest BCUT2D eigenvalue weighted by Crippen LogP contribution is -2.60. The van der Waals surface area contributed by atoms with Crippen LogP contribution in [0, 0.1) is 24.7 Å². The van der Waals surface area contributed by atoms with Gasteiger partial charge in [0, 0.05) is 11.2 Å². The number of aromatic carboxylic acids is 1. The molecule has 4 fully saturated rings. The molecule has 4 aliphatic carbocycles. The average Bonchev–Trinajstić information content (AvgIpc) is 2.50. The maximum atomic E-state index is 12.6. The van der Waals surface area contributed by atoms with E-state index in [1.165, 1.54) is 26.2 Å². The molecule has 0 atom stereocenters. The zero-order valence-electron chi connectivity index (χ0n) is 14.7. The summed E-state index contributed by atoms with van der Waals surface area (Å²) in [5, 5.41) is 12.7. The molecule has 1 amide bonds. The third-order valence-electron chi connectivity index (χ3n) is 6.08. The van der Waals surface area contributed by atoms with Crippen LogP contribution in [0.25, 0.3) is 0 Å². The average molecular weight is 377 g/mol. The summed E-state index contributed by atoms with van der Waals surface area (Å²) in [6, 6.07) is 0. The molecule has 0 radical (unpaired) electrons. The first-order valence-electron chi connectivity index (χ1n) is 9.11. The van der Waals surface area contributed by atoms with Crippen LogP contribution >= 0.6 is 11.8 Å². The normalized spacial score (nSPS) is 31.8. The highest BCUT2D eigenvalue weighted by atomic mass is 32.2. The predicted octanol–water partition coefficient (Wildman–Crippen LogP) is 1.95. The van der Waals surface area contributed by atoms with Crippen molar-refractivity contribution < 1.29 is 14.7 Å². The van der Waals surface area contributed by atoms with Crippen molar-refractivity contribution in [2.45, 2.75) is 56.0 Å². The maximum absolute atomic E-state index is 12.6. The van der Waals surface area contributed by atoms with Crippen LogP contribution in [0.5, 0.6) is 0 Å². The zero-order chi connectivity index (χ0) is 18.5. The SMILES string of the molecule is Cc1[nH]c(=O)nc(SCC(=O)NC23CC4CC(CC(C4)C2)C3)c1C(=O)O. The topological polar surface area (TPSA) is 112 Å². The third-order valence-corrected chi connectivity index (χ3v) is 7.06. The van der Waals surface area contributed by atoms with E-state index in [0.29, 0.717) is 0 Å². The van der Waals surface area contributed by atoms with E-state index < -0.39 is 11.7 Å². The van der Waals surface area contributed by atoms with Gasteiger partial charge in [0.15, 0.2) is 0 Å². The second kappa shape index (κ2) is 6.40. The minimum atomic E-state index is -1.16. The number of carbonyl (C=O) groups excluding carboxylic acids is 1. The first kappa shape index (κ1) is 17.6. The smallest absolute Gasteiger partial charge is 0.346 e. The Morgan fingerprint density at radius 1 is 1.23 bits per heavy atom. The fraction of sp³-hybridized carbons (Fsp3) is 0.667. The molecule has 1 aromatic rings. The Balaban J connectivity index is 1.44. The van der Waals surface area contributed by atoms with Crippen molar-refractivity contribution in [2.24, 2.45) is 17.8 Å². The molecule has 8 heteroatoms. The number of aromatic amines is 1. The molecule has 4 bridgehead atoms. The molecule has 0 aliphatic heterocycles. The van der Waals surface area contributed by atoms with E-state index in [4.69, 9.17) is 0 Å². The van der Waals surface area contributed by atoms with Crippen LogP contribution in [-0.2, 0) is 4.79 Å². The Morgan fingerprint density at radius 2 is 1.81 bits per heavy atom. The van der Waals surface area contributed by atoms with E-state index in [1.54, 1.807) is 0 Å². The molecule has 0 spiro atoms. The highest BCUT2D eigenvalue weighted by Crippen LogP contribution is 2.55. The van der Waals surface area contributed by atoms with Crippen LogP contribution in [0.15, 0.2) is 9.82 Å². The van der Waals surface area contributed by atoms with Gasteiger partial charge in [-0.15, -0.1) is 0 Å². The first-order chi connectivity index (χ1) is 12.3. The van der Waals surface area contributed by atoms with Gasteiger partial charge in [-0.1, -0.05) is 11.8 Å². The van der Waals surface area contributed by atoms with Gasteiger partial charge in [-0.2, -0.15) is 4.98 Å². The monoisotopic (exact) mass is 377 g/mol. The molecule has 7 nitrogen and oxygen atoms in total. The van der Waals surface area contributed by atoms with Crippen molar-refractivity contribution in [3.8, 4) is 0 Å². The maximum Gasteiger partial charge on any atom is 0.346 e. The van der Waals surface area contributed by atoms with Crippen molar-refractivity contribution in [2.75, 3.05) is 5.75 Å². The third kappa shape index (κ3) is 3.26. The number of nitrogens with zero attached hydrogens (tertiary/aromatic N) is 1. The Hall–Kier alpha value is -1.83. The molecule has 26 heavy (non-hydrogen) atoms. The molecule has 0 saturated heterocycles. The molecular weight excluding hydrogens is 354 g/mol. The summed E-state index contributed by atoms with van der Waals surface area (Å²) < 4.78 is 0. The molecule has 1 aromatic heterocycles. The minimum Gasteiger partial charge on any atom is -0.478 e. The molecule has 4 saturated carbocycles. The Bertz CT molecular complexity index is 784. The number of hydrogen-bond donors (Lipinski definition) is 3. The van der Waals surface area contributed by atoms with Gasteiger partial charge in [0.2, 0.25) is 5.91 Å². The lowest BCUT2D eigenvalue weighted by atomic mass is 9.53. The molecular formula is C18H23N3O4S. The largest absolute Gasteiger partial charge is 0.478 e. The van der Waals surface area contributed by atoms with Gasteiger partial charge in [-0.3, -0.25) is 4.79 Å². The highest BCUT2D eigenvalue weighted by Gasteiger charge is 2.51. The number of amides is 1. The fourth-order valence-corrected chi connectivity index (χ4v) is 6.52. The second-order valence-corrected chi connectivity index (χ2v) is 9.15. The lowest BCUT2D eigenvalue weighted by molar-refractivity contribution is -0.124. The second-order valence-electron chi connectivity index (χ2n) is 8.19. The number of carbonyl (C=O) groups is 2. The van der Waals surface area contributed by atoms with Crippen LogP contribution < -0.4 is 11.0 Å². The fourth-order valence-electron chi connectivity index (χ4n) is 5.65. The number of aryl methyl sites for hydroxylation is 1. The van der Waals surface area contributed by atoms with Gasteiger partial charge in [0.1, 0.15) is 10.6 Å². The standard InChI is InChI=1S/C18H23N3O4S/c1-9-14(16(23)24)15(20-17(25)19-9)26-8-13(22)21-18-5-10-2-11(6-18)4-12(3-10)7-18/h10-12H,2-8H2,1H3,(H,21,22)(H,23,24)(H,19,20,25). The summed E-state index contributed by atoms with van der Waals surface area (Å²) >= 11 is 1.02. The summed E-state index contributed by atoms with van der Waals surface area (Å²) in [6.45, 7) is 1.52. The van der Waals surface area contributed by atoms with Crippen LogP contribution in [-0.4, -0.2) is 38.2 Å². The van der Waals surface area contributed by atoms with Gasteiger partial charge in [-0.25, -0.2) is 9.59 Å². The molecule has 1 heterocycles. The van der Waals surface area contributed by atoms with Crippen molar-refractivity contribution in [3.63, 3.8) is 0 Å². The molecule has 0 unspecified atom stereocenters. The first-order valence-corrected chi connectivity index (χ1v) is 10.1. The Morgan fingerprint density at radius 3 is 2.35 bits per heavy atom. The van der Waals surface area contributed by atoms with Crippen molar-refractivity contribution in [1.82, 2.24) is 15.3 Å². The minimum absolute atomic E-state index is 0.0443. The number of carboxylic acids is 1. The quantitative estimate of drug-likeness (QED) is 0.534. The van der Waals surface area contributed by atoms with E-state index in [9.17, 15) is 19.5 Å². The number of thioether (sulfide) groups is 1. The van der Waals surface area contributed by atoms with E-state index in [-0.39, 0.29) is 33.5 Å². The number of rotatable bonds is 5. The van der Waals surface area contributed by atoms with Crippen LogP contribution in [0.2, 0.25) is 0 Å². The van der Waals surface area contributed by atoms with Gasteiger partial charge < -0.3 is 15.4 Å². The van der Waals surface area contributed by atoms with Gasteiger partial charge in [-0.05, 0) is 63.2 Å². The molecule has 4 aliphatic rings. The zero-order valence-corrected chi connectivity index (χ0v) is 15.5. The van der Waals surface area contributed by atoms with Crippen molar-refractivity contribution in [1.29, 1.82) is 0 Å². The Kier molecular flexibility index (Phi) is 4.33. The van der Waals surface area contributed by atoms with Crippen LogP contribution in [0.4, 0.5) is 0 Å². The lowest BCUT2D eigenvalue weighted by Gasteiger charge is -2.56. The van der Waals surface area contributed by atoms with Gasteiger partial charge in [0.05, 0.1) is 5.75 Å². The summed E-state index contributed by atoms with van der Waals surface area (Å²) in [5.74, 6) is 1.03. The number of aromatic nitrogens is 2. The van der Waals surface area contributed by atoms with E-state index >= 15 is 0 Å². The van der Waals surface area contributed by atoms with E-state index in [1.807, 2.05) is 0 Å². The van der Waals surface area contributed by atoms with Crippen molar-refractivity contribution in [3.05, 3.63) is 21.7 Å². The summed E-state index contributed by atoms with van der Waals surface area (Å²) in [7, 11) is 0. The molecule has 0 aromatic carbocycles. The van der Waals surface area contributed by atoms with Crippen molar-refractivity contribution >= 4 is 23.6 Å². The van der Waals surface area contributed by atoms with Crippen LogP contribution in [0.3, 0.4) is 0 Å². The summed E-state index contributed by atoms with van der Waals surface area (Å²) in [5.41, 5.74) is -0.463. The van der Waals surface area contributed by atoms with Gasteiger partial charge in [0.25, 0.3) is 0 Å². The summed E-state index contributed by atoms with van der Waals surface area (Å²) in [6.07, 6.45) is 7.12. The predicted molar refractivity (Wildman–Crippen MR) is 96.3 cm³/mol. The van der Waals surface area contributed by atoms with E-state index in [0.717, 1.165) is 48.8 Å². The molecule has 140 valence electrons. The van der Waals surface area contributed by atoms with Crippen LogP contribution in [0.1, 0.15) is 54.6 Å². The number of H-pyrrole nitrogens is 1. The highest BCUT2D eigenvalue weighted by molar-refractivity contribution is 8.00. The molecule has 3 N–H and O–H groups in total. The number of carboxylic acid groups (broad SMARTS) is 1.